The van der Waals surface area contributed by atoms with Crippen molar-refractivity contribution >= 4 is 34.3 Å². The Morgan fingerprint density at radius 1 is 1.38 bits per heavy atom. The Morgan fingerprint density at radius 3 is 2.77 bits per heavy atom. The van der Waals surface area contributed by atoms with Crippen LogP contribution in [-0.4, -0.2) is 0 Å². The van der Waals surface area contributed by atoms with Gasteiger partial charge in [0.2, 0.25) is 0 Å². The third-order valence-electron chi connectivity index (χ3n) is 1.78. The van der Waals surface area contributed by atoms with E-state index in [4.69, 9.17) is 17.3 Å². The highest BCUT2D eigenvalue weighted by Crippen LogP contribution is 2.34. The first-order valence-electron chi connectivity index (χ1n) is 3.82. The minimum Gasteiger partial charge on any atom is -0.326 e. The van der Waals surface area contributed by atoms with Crippen molar-refractivity contribution < 1.29 is 0 Å². The third kappa shape index (κ3) is 1.79. The number of hydrogen-bond acceptors (Lipinski definition) is 3. The average molecular weight is 230 g/mol. The zero-order chi connectivity index (χ0) is 9.26. The van der Waals surface area contributed by atoms with E-state index < -0.39 is 0 Å². The summed E-state index contributed by atoms with van der Waals surface area (Å²) in [4.78, 5) is 1.19. The molecule has 68 valence electrons. The molecule has 0 fully saturated rings. The van der Waals surface area contributed by atoms with Gasteiger partial charge in [0.05, 0.1) is 0 Å². The van der Waals surface area contributed by atoms with Crippen molar-refractivity contribution in [3.05, 3.63) is 32.1 Å². The van der Waals surface area contributed by atoms with Gasteiger partial charge in [-0.25, -0.2) is 0 Å². The van der Waals surface area contributed by atoms with E-state index in [0.29, 0.717) is 6.54 Å². The summed E-state index contributed by atoms with van der Waals surface area (Å²) < 4.78 is 0.848. The first kappa shape index (κ1) is 9.21. The van der Waals surface area contributed by atoms with E-state index in [2.05, 4.69) is 11.4 Å². The van der Waals surface area contributed by atoms with Gasteiger partial charge in [-0.2, -0.15) is 0 Å². The summed E-state index contributed by atoms with van der Waals surface area (Å²) >= 11 is 9.25. The van der Waals surface area contributed by atoms with Gasteiger partial charge in [-0.1, -0.05) is 11.6 Å². The van der Waals surface area contributed by atoms with Crippen molar-refractivity contribution in [2.24, 2.45) is 5.73 Å². The molecule has 0 radical (unpaired) electrons. The molecule has 0 bridgehead atoms. The summed E-state index contributed by atoms with van der Waals surface area (Å²) in [5, 5.41) is 4.09. The number of rotatable bonds is 2. The van der Waals surface area contributed by atoms with Crippen molar-refractivity contribution in [1.29, 1.82) is 0 Å². The second kappa shape index (κ2) is 3.80. The van der Waals surface area contributed by atoms with Gasteiger partial charge in [-0.15, -0.1) is 22.7 Å². The van der Waals surface area contributed by atoms with Gasteiger partial charge in [-0.05, 0) is 28.5 Å². The number of halogens is 1. The van der Waals surface area contributed by atoms with E-state index in [1.807, 2.05) is 11.4 Å². The molecule has 0 saturated carbocycles. The smallest absolute Gasteiger partial charge is 0.101 e. The van der Waals surface area contributed by atoms with E-state index in [0.717, 1.165) is 9.90 Å². The molecule has 0 aromatic carbocycles. The first-order chi connectivity index (χ1) is 6.31. The van der Waals surface area contributed by atoms with Crippen molar-refractivity contribution in [3.8, 4) is 11.1 Å². The van der Waals surface area contributed by atoms with Crippen molar-refractivity contribution in [1.82, 2.24) is 0 Å². The zero-order valence-electron chi connectivity index (χ0n) is 6.79. The summed E-state index contributed by atoms with van der Waals surface area (Å²) in [6, 6.07) is 4.13. The molecule has 1 nitrogen and oxygen atoms in total. The Morgan fingerprint density at radius 2 is 2.23 bits per heavy atom. The number of hydrogen-bond donors (Lipinski definition) is 1. The highest BCUT2D eigenvalue weighted by Gasteiger charge is 2.06. The summed E-state index contributed by atoms with van der Waals surface area (Å²) in [7, 11) is 0. The normalized spacial score (nSPS) is 10.6. The lowest BCUT2D eigenvalue weighted by molar-refractivity contribution is 1.11. The molecule has 2 rings (SSSR count). The van der Waals surface area contributed by atoms with Crippen LogP contribution in [0.3, 0.4) is 0 Å². The lowest BCUT2D eigenvalue weighted by atomic mass is 10.2. The molecule has 0 aliphatic carbocycles. The molecule has 0 saturated heterocycles. The minimum absolute atomic E-state index is 0.604. The van der Waals surface area contributed by atoms with Crippen molar-refractivity contribution in [3.63, 3.8) is 0 Å². The highest BCUT2D eigenvalue weighted by atomic mass is 35.5. The molecule has 0 aliphatic heterocycles. The Balaban J connectivity index is 2.41. The maximum atomic E-state index is 6.02. The second-order valence-corrected chi connectivity index (χ2v) is 5.13. The lowest BCUT2D eigenvalue weighted by Gasteiger charge is -1.91. The topological polar surface area (TPSA) is 26.0 Å². The van der Waals surface area contributed by atoms with Crippen LogP contribution in [0.5, 0.6) is 0 Å². The Bertz CT molecular complexity index is 405. The molecule has 13 heavy (non-hydrogen) atoms. The van der Waals surface area contributed by atoms with Crippen LogP contribution in [0.2, 0.25) is 4.34 Å². The van der Waals surface area contributed by atoms with E-state index in [1.54, 1.807) is 22.7 Å². The van der Waals surface area contributed by atoms with Crippen LogP contribution in [-0.2, 0) is 6.54 Å². The van der Waals surface area contributed by atoms with Crippen LogP contribution in [0.1, 0.15) is 4.88 Å². The van der Waals surface area contributed by atoms with Crippen molar-refractivity contribution in [2.45, 2.75) is 6.54 Å². The molecule has 2 aromatic heterocycles. The Labute approximate surface area is 89.8 Å². The minimum atomic E-state index is 0.604. The van der Waals surface area contributed by atoms with E-state index in [-0.39, 0.29) is 0 Å². The maximum Gasteiger partial charge on any atom is 0.101 e. The van der Waals surface area contributed by atoms with Gasteiger partial charge in [0.25, 0.3) is 0 Å². The molecule has 0 unspecified atom stereocenters. The standard InChI is InChI=1S/C9H8ClNS2/c10-9-8(1-2-12-9)6-3-7(4-11)13-5-6/h1-3,5H,4,11H2. The SMILES string of the molecule is NCc1cc(-c2ccsc2Cl)cs1. The summed E-state index contributed by atoms with van der Waals surface area (Å²) in [5.41, 5.74) is 7.83. The highest BCUT2D eigenvalue weighted by molar-refractivity contribution is 7.15. The first-order valence-corrected chi connectivity index (χ1v) is 5.96. The molecular formula is C9H8ClNS2. The van der Waals surface area contributed by atoms with Crippen molar-refractivity contribution in [2.75, 3.05) is 0 Å². The van der Waals surface area contributed by atoms with Crippen LogP contribution in [0.4, 0.5) is 0 Å². The van der Waals surface area contributed by atoms with Crippen LogP contribution in [0.25, 0.3) is 11.1 Å². The molecule has 4 heteroatoms. The molecule has 0 spiro atoms. The van der Waals surface area contributed by atoms with Gasteiger partial charge in [0, 0.05) is 17.0 Å². The Hall–Kier alpha value is -0.350. The van der Waals surface area contributed by atoms with Gasteiger partial charge >= 0.3 is 0 Å². The van der Waals surface area contributed by atoms with Crippen LogP contribution >= 0.6 is 34.3 Å². The van der Waals surface area contributed by atoms with Crippen LogP contribution in [0, 0.1) is 0 Å². The number of thiophene rings is 2. The second-order valence-electron chi connectivity index (χ2n) is 2.61. The summed E-state index contributed by atoms with van der Waals surface area (Å²) in [6.45, 7) is 0.604. The fourth-order valence-corrected chi connectivity index (χ4v) is 2.86. The molecule has 2 N–H and O–H groups in total. The van der Waals surface area contributed by atoms with Gasteiger partial charge in [0.1, 0.15) is 4.34 Å². The molecule has 2 aromatic rings. The van der Waals surface area contributed by atoms with Gasteiger partial charge in [-0.3, -0.25) is 0 Å². The van der Waals surface area contributed by atoms with Gasteiger partial charge in [0.15, 0.2) is 0 Å². The fourth-order valence-electron chi connectivity index (χ4n) is 1.13. The molecular weight excluding hydrogens is 222 g/mol. The lowest BCUT2D eigenvalue weighted by Crippen LogP contribution is -1.91. The zero-order valence-corrected chi connectivity index (χ0v) is 9.18. The molecule has 2 heterocycles. The third-order valence-corrected chi connectivity index (χ3v) is 3.91. The predicted molar refractivity (Wildman–Crippen MR) is 60.5 cm³/mol. The molecule has 0 atom stereocenters. The Kier molecular flexibility index (Phi) is 2.69. The van der Waals surface area contributed by atoms with E-state index in [9.17, 15) is 0 Å². The number of nitrogens with two attached hydrogens (primary N) is 1. The average Bonchev–Trinajstić information content (AvgIpc) is 2.71. The molecule has 0 aliphatic rings. The fraction of sp³-hybridized carbons (Fsp3) is 0.111. The van der Waals surface area contributed by atoms with Crippen LogP contribution < -0.4 is 5.73 Å². The van der Waals surface area contributed by atoms with Crippen LogP contribution in [0.15, 0.2) is 22.9 Å². The van der Waals surface area contributed by atoms with Gasteiger partial charge < -0.3 is 5.73 Å². The predicted octanol–water partition coefficient (Wildman–Crippen LogP) is 3.59. The monoisotopic (exact) mass is 229 g/mol. The summed E-state index contributed by atoms with van der Waals surface area (Å²) in [5.74, 6) is 0. The largest absolute Gasteiger partial charge is 0.326 e. The van der Waals surface area contributed by atoms with E-state index >= 15 is 0 Å². The quantitative estimate of drug-likeness (QED) is 0.837. The molecule has 0 amide bonds. The van der Waals surface area contributed by atoms with E-state index in [1.165, 1.54) is 10.4 Å². The maximum absolute atomic E-state index is 6.02. The summed E-state index contributed by atoms with van der Waals surface area (Å²) in [6.07, 6.45) is 0.